The highest BCUT2D eigenvalue weighted by Gasteiger charge is 2.50. The van der Waals surface area contributed by atoms with Crippen LogP contribution in [-0.2, 0) is 42.9 Å². The summed E-state index contributed by atoms with van der Waals surface area (Å²) in [4.78, 5) is 51.0. The molecule has 6 unspecified atom stereocenters. The molecule has 3 N–H and O–H groups in total. The quantitative estimate of drug-likeness (QED) is 0.0228. The highest BCUT2D eigenvalue weighted by Crippen LogP contribution is 2.26. The van der Waals surface area contributed by atoms with Crippen LogP contribution in [0, 0.1) is 0 Å². The third-order valence-corrected chi connectivity index (χ3v) is 13.0. The van der Waals surface area contributed by atoms with Gasteiger partial charge in [0.15, 0.2) is 24.6 Å². The molecule has 73 heavy (non-hydrogen) atoms. The highest BCUT2D eigenvalue weighted by atomic mass is 16.7. The van der Waals surface area contributed by atoms with Crippen molar-refractivity contribution in [1.29, 1.82) is 0 Å². The summed E-state index contributed by atoms with van der Waals surface area (Å²) in [6.45, 7) is 5.84. The maximum atomic E-state index is 13.1. The summed E-state index contributed by atoms with van der Waals surface area (Å²) in [5.41, 5.74) is 0. The molecule has 1 aliphatic rings. The molecular formula is C61H104O12. The van der Waals surface area contributed by atoms with Crippen LogP contribution in [0.2, 0.25) is 0 Å². The first kappa shape index (κ1) is 67.4. The molecule has 0 aromatic rings. The van der Waals surface area contributed by atoms with Crippen LogP contribution in [0.25, 0.3) is 0 Å². The van der Waals surface area contributed by atoms with Gasteiger partial charge in [-0.25, -0.2) is 4.79 Å². The zero-order valence-electron chi connectivity index (χ0n) is 46.1. The molecular weight excluding hydrogens is 925 g/mol. The second-order valence-corrected chi connectivity index (χ2v) is 19.9. The maximum Gasteiger partial charge on any atom is 0.335 e. The molecule has 0 aromatic carbocycles. The van der Waals surface area contributed by atoms with E-state index in [0.29, 0.717) is 19.3 Å². The fourth-order valence-electron chi connectivity index (χ4n) is 8.48. The van der Waals surface area contributed by atoms with E-state index in [-0.39, 0.29) is 25.9 Å². The van der Waals surface area contributed by atoms with Crippen molar-refractivity contribution < 1.29 is 58.2 Å². The maximum absolute atomic E-state index is 13.1. The minimum atomic E-state index is -1.91. The molecule has 12 heteroatoms. The van der Waals surface area contributed by atoms with Crippen LogP contribution in [0.5, 0.6) is 0 Å². The van der Waals surface area contributed by atoms with Crippen LogP contribution in [0.3, 0.4) is 0 Å². The van der Waals surface area contributed by atoms with Gasteiger partial charge in [0.2, 0.25) is 0 Å². The molecule has 1 fully saturated rings. The SMILES string of the molecule is CCC/C=C\C/C=C\CCCCCCCC(=O)OC1C(OCC(COC(=O)CCCCCCCCCCC/C=C\C/C=C\CCCCC)OC(=O)CCCCCCC/C=C\CCCC)OC(C(=O)O)C(O)C1O. The van der Waals surface area contributed by atoms with Crippen molar-refractivity contribution in [2.75, 3.05) is 13.2 Å². The third-order valence-electron chi connectivity index (χ3n) is 13.0. The number of carboxylic acid groups (broad SMARTS) is 1. The number of hydrogen-bond acceptors (Lipinski definition) is 11. The van der Waals surface area contributed by atoms with E-state index < -0.39 is 67.3 Å². The first-order valence-electron chi connectivity index (χ1n) is 29.3. The molecule has 0 radical (unpaired) electrons. The first-order valence-corrected chi connectivity index (χ1v) is 29.3. The minimum Gasteiger partial charge on any atom is -0.479 e. The Morgan fingerprint density at radius 2 is 0.863 bits per heavy atom. The summed E-state index contributed by atoms with van der Waals surface area (Å²) in [5.74, 6) is -3.15. The molecule has 0 spiro atoms. The zero-order valence-corrected chi connectivity index (χ0v) is 46.1. The van der Waals surface area contributed by atoms with Gasteiger partial charge in [-0.05, 0) is 96.3 Å². The smallest absolute Gasteiger partial charge is 0.335 e. The summed E-state index contributed by atoms with van der Waals surface area (Å²) in [5, 5.41) is 31.4. The van der Waals surface area contributed by atoms with E-state index in [1.165, 1.54) is 70.6 Å². The molecule has 12 nitrogen and oxygen atoms in total. The normalized spacial score (nSPS) is 18.7. The van der Waals surface area contributed by atoms with E-state index in [9.17, 15) is 34.5 Å². The number of esters is 3. The molecule has 1 aliphatic heterocycles. The van der Waals surface area contributed by atoms with E-state index in [0.717, 1.165) is 122 Å². The van der Waals surface area contributed by atoms with Gasteiger partial charge in [0.25, 0.3) is 0 Å². The van der Waals surface area contributed by atoms with E-state index >= 15 is 0 Å². The number of aliphatic hydroxyl groups excluding tert-OH is 2. The van der Waals surface area contributed by atoms with Crippen LogP contribution < -0.4 is 0 Å². The Bertz CT molecular complexity index is 1500. The lowest BCUT2D eigenvalue weighted by atomic mass is 9.98. The van der Waals surface area contributed by atoms with Crippen molar-refractivity contribution in [3.8, 4) is 0 Å². The molecule has 1 rings (SSSR count). The van der Waals surface area contributed by atoms with E-state index in [1.54, 1.807) is 0 Å². The van der Waals surface area contributed by atoms with Crippen LogP contribution in [-0.4, -0.2) is 89.2 Å². The predicted octanol–water partition coefficient (Wildman–Crippen LogP) is 14.8. The molecule has 1 heterocycles. The van der Waals surface area contributed by atoms with Crippen molar-refractivity contribution >= 4 is 23.9 Å². The highest BCUT2D eigenvalue weighted by molar-refractivity contribution is 5.74. The Kier molecular flexibility index (Phi) is 45.5. The summed E-state index contributed by atoms with van der Waals surface area (Å²) >= 11 is 0. The zero-order chi connectivity index (χ0) is 53.3. The van der Waals surface area contributed by atoms with Gasteiger partial charge in [0.1, 0.15) is 18.8 Å². The molecule has 0 bridgehead atoms. The molecule has 0 amide bonds. The number of aliphatic carboxylic acids is 1. The van der Waals surface area contributed by atoms with Gasteiger partial charge in [-0.1, -0.05) is 197 Å². The number of carboxylic acids is 1. The lowest BCUT2D eigenvalue weighted by molar-refractivity contribution is -0.301. The van der Waals surface area contributed by atoms with E-state index in [2.05, 4.69) is 81.5 Å². The van der Waals surface area contributed by atoms with Crippen LogP contribution in [0.1, 0.15) is 252 Å². The van der Waals surface area contributed by atoms with Crippen LogP contribution >= 0.6 is 0 Å². The monoisotopic (exact) mass is 1030 g/mol. The fourth-order valence-corrected chi connectivity index (χ4v) is 8.48. The van der Waals surface area contributed by atoms with Gasteiger partial charge in [-0.3, -0.25) is 14.4 Å². The Balaban J connectivity index is 2.67. The molecule has 1 saturated heterocycles. The largest absolute Gasteiger partial charge is 0.479 e. The average molecular weight is 1030 g/mol. The van der Waals surface area contributed by atoms with Crippen LogP contribution in [0.15, 0.2) is 60.8 Å². The second-order valence-electron chi connectivity index (χ2n) is 19.9. The molecule has 0 saturated carbocycles. The number of rotatable bonds is 49. The van der Waals surface area contributed by atoms with Crippen molar-refractivity contribution in [2.24, 2.45) is 0 Å². The lowest BCUT2D eigenvalue weighted by Gasteiger charge is -2.40. The van der Waals surface area contributed by atoms with E-state index in [1.807, 2.05) is 0 Å². The lowest BCUT2D eigenvalue weighted by Crippen LogP contribution is -2.61. The summed E-state index contributed by atoms with van der Waals surface area (Å²) in [7, 11) is 0. The Morgan fingerprint density at radius 3 is 1.34 bits per heavy atom. The number of allylic oxidation sites excluding steroid dienone is 10. The number of ether oxygens (including phenoxy) is 5. The van der Waals surface area contributed by atoms with Crippen molar-refractivity contribution in [2.45, 2.75) is 289 Å². The van der Waals surface area contributed by atoms with Crippen LogP contribution in [0.4, 0.5) is 0 Å². The number of carbonyl (C=O) groups excluding carboxylic acids is 3. The molecule has 0 aliphatic carbocycles. The van der Waals surface area contributed by atoms with Crippen molar-refractivity contribution in [1.82, 2.24) is 0 Å². The predicted molar refractivity (Wildman–Crippen MR) is 294 cm³/mol. The fraction of sp³-hybridized carbons (Fsp3) is 0.770. The number of unbranched alkanes of at least 4 members (excludes halogenated alkanes) is 25. The van der Waals surface area contributed by atoms with Gasteiger partial charge in [-0.2, -0.15) is 0 Å². The number of carbonyl (C=O) groups is 4. The van der Waals surface area contributed by atoms with Gasteiger partial charge in [-0.15, -0.1) is 0 Å². The standard InChI is InChI=1S/C61H104O12/c1-4-7-10-13-16-19-22-24-25-26-27-28-29-31-33-35-38-41-44-47-53(62)69-50-52(71-54(63)48-45-42-39-36-32-21-18-15-12-9-6-3)51-70-61-59(57(66)56(65)58(73-61)60(67)68)72-55(64)49-46-43-40-37-34-30-23-20-17-14-11-8-5-2/h11,14-16,18-20,23-25,52,56-59,61,65-66H,4-10,12-13,17,21-22,26-51H2,1-3H3,(H,67,68)/b14-11-,18-15-,19-16-,23-20-,25-24-. The van der Waals surface area contributed by atoms with Gasteiger partial charge >= 0.3 is 23.9 Å². The number of aliphatic hydroxyl groups is 2. The minimum absolute atomic E-state index is 0.0426. The molecule has 420 valence electrons. The van der Waals surface area contributed by atoms with E-state index in [4.69, 9.17) is 23.7 Å². The Morgan fingerprint density at radius 1 is 0.452 bits per heavy atom. The average Bonchev–Trinajstić information content (AvgIpc) is 3.37. The number of hydrogen-bond donors (Lipinski definition) is 3. The van der Waals surface area contributed by atoms with Crippen molar-refractivity contribution in [3.05, 3.63) is 60.8 Å². The first-order chi connectivity index (χ1) is 35.6. The van der Waals surface area contributed by atoms with Crippen molar-refractivity contribution in [3.63, 3.8) is 0 Å². The summed E-state index contributed by atoms with van der Waals surface area (Å²) in [6, 6.07) is 0. The second kappa shape index (κ2) is 49.3. The van der Waals surface area contributed by atoms with Gasteiger partial charge in [0.05, 0.1) is 6.61 Å². The molecule has 0 aromatic heterocycles. The summed E-state index contributed by atoms with van der Waals surface area (Å²) in [6.07, 6.45) is 47.7. The molecule has 6 atom stereocenters. The Labute approximate surface area is 443 Å². The summed E-state index contributed by atoms with van der Waals surface area (Å²) < 4.78 is 28.4. The van der Waals surface area contributed by atoms with Gasteiger partial charge < -0.3 is 39.0 Å². The Hall–Kier alpha value is -3.58. The third kappa shape index (κ3) is 39.5. The topological polar surface area (TPSA) is 175 Å². The van der Waals surface area contributed by atoms with Gasteiger partial charge in [0, 0.05) is 19.3 Å².